The molecule has 1 aliphatic carbocycles. The Kier molecular flexibility index (Phi) is 7.03. The van der Waals surface area contributed by atoms with Gasteiger partial charge in [-0.05, 0) is 76.1 Å². The summed E-state index contributed by atoms with van der Waals surface area (Å²) in [5.74, 6) is 1.95. The number of nitrogens with zero attached hydrogens (tertiary/aromatic N) is 5. The first kappa shape index (κ1) is 27.7. The zero-order chi connectivity index (χ0) is 28.8. The third-order valence-electron chi connectivity index (χ3n) is 8.14. The van der Waals surface area contributed by atoms with Crippen molar-refractivity contribution in [2.45, 2.75) is 62.7 Å². The monoisotopic (exact) mass is 587 g/mol. The van der Waals surface area contributed by atoms with Crippen molar-refractivity contribution >= 4 is 29.5 Å². The average molecular weight is 588 g/mol. The standard InChI is InChI=1S/C28H32F3N7O2S/c1-26(2)15-18-5-4-13-32-20-6-3-7-23(33-20)41-36-25(39)19-8-9-21(34-24(19)37(26)16-18)38-14-10-22(35-38)40-17-27(11-12-27)28(29,30)31/h3,6-10,14,18H,4-5,11-13,15-17H2,1-2H3,(H,32,33)(H,36,39). The summed E-state index contributed by atoms with van der Waals surface area (Å²) in [4.78, 5) is 25.1. The number of aromatic nitrogens is 4. The summed E-state index contributed by atoms with van der Waals surface area (Å²) in [6, 6.07) is 10.6. The molecule has 2 aliphatic heterocycles. The van der Waals surface area contributed by atoms with Crippen LogP contribution in [0.3, 0.4) is 0 Å². The molecular formula is C28H32F3N7O2S. The highest BCUT2D eigenvalue weighted by atomic mass is 32.2. The Morgan fingerprint density at radius 1 is 1.15 bits per heavy atom. The van der Waals surface area contributed by atoms with Gasteiger partial charge in [0.05, 0.1) is 5.56 Å². The number of anilines is 2. The van der Waals surface area contributed by atoms with Crippen LogP contribution in [0.5, 0.6) is 5.88 Å². The van der Waals surface area contributed by atoms with Gasteiger partial charge in [0.15, 0.2) is 5.82 Å². The second-order valence-corrected chi connectivity index (χ2v) is 12.5. The molecule has 218 valence electrons. The lowest BCUT2D eigenvalue weighted by Gasteiger charge is -2.34. The van der Waals surface area contributed by atoms with Gasteiger partial charge in [-0.25, -0.2) is 14.6 Å². The second kappa shape index (κ2) is 10.4. The molecule has 0 radical (unpaired) electrons. The third kappa shape index (κ3) is 5.68. The molecule has 41 heavy (non-hydrogen) atoms. The highest BCUT2D eigenvalue weighted by molar-refractivity contribution is 7.97. The maximum atomic E-state index is 13.5. The van der Waals surface area contributed by atoms with Crippen molar-refractivity contribution < 1.29 is 22.7 Å². The van der Waals surface area contributed by atoms with E-state index < -0.39 is 18.2 Å². The van der Waals surface area contributed by atoms with Crippen LogP contribution in [0.25, 0.3) is 5.82 Å². The smallest absolute Gasteiger partial charge is 0.397 e. The van der Waals surface area contributed by atoms with Gasteiger partial charge in [-0.2, -0.15) is 13.2 Å². The van der Waals surface area contributed by atoms with E-state index in [2.05, 4.69) is 38.9 Å². The summed E-state index contributed by atoms with van der Waals surface area (Å²) < 4.78 is 49.8. The SMILES string of the molecule is CC1(C)CC2CCCNc3cccc(n3)SNC(=O)c3ccc(-n4ccc(OCC5(C(F)(F)F)CC5)n4)nc3N1C2. The molecule has 1 saturated carbocycles. The van der Waals surface area contributed by atoms with E-state index in [1.165, 1.54) is 10.7 Å². The zero-order valence-corrected chi connectivity index (χ0v) is 23.7. The van der Waals surface area contributed by atoms with Gasteiger partial charge >= 0.3 is 6.18 Å². The molecule has 0 aromatic carbocycles. The molecule has 1 amide bonds. The van der Waals surface area contributed by atoms with Crippen LogP contribution in [-0.4, -0.2) is 57.1 Å². The molecule has 1 saturated heterocycles. The Labute approximate surface area is 240 Å². The fourth-order valence-electron chi connectivity index (χ4n) is 5.62. The number of hydrogen-bond donors (Lipinski definition) is 2. The Balaban J connectivity index is 1.29. The van der Waals surface area contributed by atoms with Crippen LogP contribution in [0.2, 0.25) is 0 Å². The number of halogens is 3. The minimum Gasteiger partial charge on any atom is -0.476 e. The van der Waals surface area contributed by atoms with E-state index in [0.717, 1.165) is 50.1 Å². The summed E-state index contributed by atoms with van der Waals surface area (Å²) >= 11 is 1.14. The van der Waals surface area contributed by atoms with Crippen LogP contribution in [0.15, 0.2) is 47.6 Å². The molecule has 4 bridgehead atoms. The highest BCUT2D eigenvalue weighted by Crippen LogP contribution is 2.57. The number of hydrogen-bond acceptors (Lipinski definition) is 8. The summed E-state index contributed by atoms with van der Waals surface area (Å²) in [6.07, 6.45) is 0.377. The van der Waals surface area contributed by atoms with Gasteiger partial charge < -0.3 is 15.0 Å². The van der Waals surface area contributed by atoms with Crippen LogP contribution < -0.4 is 19.7 Å². The lowest BCUT2D eigenvalue weighted by Crippen LogP contribution is -2.40. The highest BCUT2D eigenvalue weighted by Gasteiger charge is 2.64. The minimum atomic E-state index is -4.30. The zero-order valence-electron chi connectivity index (χ0n) is 22.9. The summed E-state index contributed by atoms with van der Waals surface area (Å²) in [7, 11) is 0. The van der Waals surface area contributed by atoms with Gasteiger partial charge in [-0.1, -0.05) is 6.07 Å². The van der Waals surface area contributed by atoms with Gasteiger partial charge in [-0.3, -0.25) is 9.52 Å². The number of carbonyl (C=O) groups is 1. The molecule has 3 aromatic heterocycles. The topological polar surface area (TPSA) is 97.2 Å². The molecular weight excluding hydrogens is 555 g/mol. The van der Waals surface area contributed by atoms with E-state index in [9.17, 15) is 18.0 Å². The van der Waals surface area contributed by atoms with Gasteiger partial charge in [0.1, 0.15) is 28.7 Å². The normalized spacial score (nSPS) is 21.6. The number of ether oxygens (including phenoxy) is 1. The van der Waals surface area contributed by atoms with Crippen LogP contribution in [0, 0.1) is 11.3 Å². The lowest BCUT2D eigenvalue weighted by atomic mass is 9.93. The average Bonchev–Trinajstić information content (AvgIpc) is 3.49. The van der Waals surface area contributed by atoms with Crippen molar-refractivity contribution in [1.29, 1.82) is 0 Å². The van der Waals surface area contributed by atoms with Gasteiger partial charge in [-0.15, -0.1) is 5.10 Å². The Bertz CT molecular complexity index is 1440. The van der Waals surface area contributed by atoms with Crippen molar-refractivity contribution in [2.75, 3.05) is 29.9 Å². The number of fused-ring (bicyclic) bond motifs is 6. The Morgan fingerprint density at radius 3 is 2.76 bits per heavy atom. The van der Waals surface area contributed by atoms with Crippen molar-refractivity contribution in [3.05, 3.63) is 48.2 Å². The van der Waals surface area contributed by atoms with E-state index in [0.29, 0.717) is 28.1 Å². The van der Waals surface area contributed by atoms with Gasteiger partial charge in [0.2, 0.25) is 5.88 Å². The molecule has 1 atom stereocenters. The van der Waals surface area contributed by atoms with Crippen LogP contribution in [-0.2, 0) is 0 Å². The fourth-order valence-corrected chi connectivity index (χ4v) is 6.22. The first-order chi connectivity index (χ1) is 19.5. The van der Waals surface area contributed by atoms with Crippen LogP contribution >= 0.6 is 11.9 Å². The number of amides is 1. The quantitative estimate of drug-likeness (QED) is 0.379. The molecule has 2 N–H and O–H groups in total. The Hall–Kier alpha value is -3.48. The molecule has 9 nitrogen and oxygen atoms in total. The molecule has 2 fully saturated rings. The van der Waals surface area contributed by atoms with Gasteiger partial charge in [0, 0.05) is 42.8 Å². The van der Waals surface area contributed by atoms with Gasteiger partial charge in [0.25, 0.3) is 5.91 Å². The molecule has 6 rings (SSSR count). The maximum Gasteiger partial charge on any atom is 0.397 e. The number of alkyl halides is 3. The van der Waals surface area contributed by atoms with Crippen molar-refractivity contribution in [2.24, 2.45) is 11.3 Å². The molecule has 0 spiro atoms. The predicted octanol–water partition coefficient (Wildman–Crippen LogP) is 5.63. The van der Waals surface area contributed by atoms with Crippen LogP contribution in [0.4, 0.5) is 24.8 Å². The summed E-state index contributed by atoms with van der Waals surface area (Å²) in [5, 5.41) is 8.37. The summed E-state index contributed by atoms with van der Waals surface area (Å²) in [5.41, 5.74) is -1.60. The van der Waals surface area contributed by atoms with Crippen molar-refractivity contribution in [3.63, 3.8) is 0 Å². The minimum absolute atomic E-state index is 0.0640. The molecule has 3 aliphatic rings. The molecule has 1 unspecified atom stereocenters. The van der Waals surface area contributed by atoms with E-state index in [-0.39, 0.29) is 30.2 Å². The van der Waals surface area contributed by atoms with E-state index in [4.69, 9.17) is 9.72 Å². The molecule has 13 heteroatoms. The maximum absolute atomic E-state index is 13.5. The number of nitrogens with one attached hydrogen (secondary N) is 2. The number of carbonyl (C=O) groups excluding carboxylic acids is 1. The van der Waals surface area contributed by atoms with E-state index in [1.54, 1.807) is 18.3 Å². The van der Waals surface area contributed by atoms with Crippen molar-refractivity contribution in [3.8, 4) is 11.7 Å². The van der Waals surface area contributed by atoms with Crippen molar-refractivity contribution in [1.82, 2.24) is 24.5 Å². The lowest BCUT2D eigenvalue weighted by molar-refractivity contribution is -0.194. The third-order valence-corrected chi connectivity index (χ3v) is 8.86. The molecule has 3 aromatic rings. The van der Waals surface area contributed by atoms with E-state index in [1.807, 2.05) is 18.2 Å². The first-order valence-corrected chi connectivity index (χ1v) is 14.6. The number of rotatable bonds is 4. The Morgan fingerprint density at radius 2 is 1.98 bits per heavy atom. The van der Waals surface area contributed by atoms with Crippen LogP contribution in [0.1, 0.15) is 56.3 Å². The predicted molar refractivity (Wildman–Crippen MR) is 149 cm³/mol. The second-order valence-electron chi connectivity index (χ2n) is 11.7. The number of pyridine rings is 2. The summed E-state index contributed by atoms with van der Waals surface area (Å²) in [6.45, 7) is 5.40. The first-order valence-electron chi connectivity index (χ1n) is 13.8. The van der Waals surface area contributed by atoms with E-state index >= 15 is 0 Å². The largest absolute Gasteiger partial charge is 0.476 e. The fraction of sp³-hybridized carbons (Fsp3) is 0.500. The molecule has 5 heterocycles.